The largest absolute Gasteiger partial charge is 0.490 e. The zero-order chi connectivity index (χ0) is 24.3. The van der Waals surface area contributed by atoms with Gasteiger partial charge in [-0.1, -0.05) is 19.9 Å². The number of nitrogens with two attached hydrogens (primary N) is 2. The van der Waals surface area contributed by atoms with E-state index in [4.69, 9.17) is 16.2 Å². The molecule has 2 rings (SSSR count). The third-order valence-electron chi connectivity index (χ3n) is 5.22. The summed E-state index contributed by atoms with van der Waals surface area (Å²) in [4.78, 5) is 17.6. The van der Waals surface area contributed by atoms with Crippen molar-refractivity contribution in [2.45, 2.75) is 59.0 Å². The number of aromatic nitrogens is 1. The molecule has 0 aliphatic heterocycles. The molecule has 0 radical (unpaired) electrons. The van der Waals surface area contributed by atoms with E-state index in [1.165, 1.54) is 4.90 Å². The van der Waals surface area contributed by atoms with Gasteiger partial charge in [0.2, 0.25) is 0 Å². The zero-order valence-corrected chi connectivity index (χ0v) is 19.6. The van der Waals surface area contributed by atoms with Crippen molar-refractivity contribution in [3.63, 3.8) is 0 Å². The number of ether oxygens (including phenoxy) is 1. The summed E-state index contributed by atoms with van der Waals surface area (Å²) >= 11 is 0. The van der Waals surface area contributed by atoms with Crippen molar-refractivity contribution >= 4 is 17.6 Å². The van der Waals surface area contributed by atoms with Crippen molar-refractivity contribution in [2.24, 2.45) is 5.92 Å². The Morgan fingerprint density at radius 1 is 1.25 bits per heavy atom. The van der Waals surface area contributed by atoms with Crippen LogP contribution >= 0.6 is 0 Å². The van der Waals surface area contributed by atoms with Crippen LogP contribution in [0.2, 0.25) is 0 Å². The number of nitrogens with zero attached hydrogens (tertiary/aromatic N) is 3. The summed E-state index contributed by atoms with van der Waals surface area (Å²) in [5.41, 5.74) is 12.5. The second-order valence-corrected chi connectivity index (χ2v) is 9.65. The summed E-state index contributed by atoms with van der Waals surface area (Å²) in [6, 6.07) is 9.06. The average Bonchev–Trinajstić information content (AvgIpc) is 2.66. The molecular weight excluding hydrogens is 406 g/mol. The van der Waals surface area contributed by atoms with Gasteiger partial charge in [-0.15, -0.1) is 0 Å². The first-order chi connectivity index (χ1) is 14.8. The number of benzene rings is 1. The van der Waals surface area contributed by atoms with Crippen LogP contribution in [-0.4, -0.2) is 38.8 Å². The topological polar surface area (TPSA) is 138 Å². The molecule has 1 heterocycles. The van der Waals surface area contributed by atoms with Crippen LogP contribution in [0.25, 0.3) is 11.1 Å². The standard InChI is InChI=1S/C24H33N5O3/c1-15(2)12-24(6,29(22(30)31)23(3,4)5)14-32-19-8-7-16(11-17(19)13-25)18-9-10-28-21(27)20(18)26/h7-11,15H,12,14,26H2,1-6H3,(H2,27,28)(H,30,31). The molecule has 0 fully saturated rings. The minimum atomic E-state index is -1.01. The van der Waals surface area contributed by atoms with E-state index in [2.05, 4.69) is 11.1 Å². The Morgan fingerprint density at radius 3 is 2.44 bits per heavy atom. The molecule has 32 heavy (non-hydrogen) atoms. The third kappa shape index (κ3) is 5.41. The fourth-order valence-corrected chi connectivity index (χ4v) is 4.31. The Labute approximate surface area is 189 Å². The van der Waals surface area contributed by atoms with E-state index in [0.717, 1.165) is 0 Å². The molecule has 1 aromatic carbocycles. The van der Waals surface area contributed by atoms with Gasteiger partial charge in [0.05, 0.1) is 16.8 Å². The maximum absolute atomic E-state index is 12.2. The molecule has 0 saturated heterocycles. The van der Waals surface area contributed by atoms with Gasteiger partial charge in [0.1, 0.15) is 24.2 Å². The van der Waals surface area contributed by atoms with Crippen LogP contribution in [0.3, 0.4) is 0 Å². The third-order valence-corrected chi connectivity index (χ3v) is 5.22. The van der Waals surface area contributed by atoms with E-state index in [-0.39, 0.29) is 18.3 Å². The highest BCUT2D eigenvalue weighted by atomic mass is 16.5. The number of rotatable bonds is 7. The van der Waals surface area contributed by atoms with E-state index in [9.17, 15) is 15.2 Å². The number of hydrogen-bond acceptors (Lipinski definition) is 6. The number of anilines is 2. The molecule has 1 aromatic heterocycles. The van der Waals surface area contributed by atoms with Crippen molar-refractivity contribution in [1.29, 1.82) is 5.26 Å². The first-order valence-corrected chi connectivity index (χ1v) is 10.5. The number of nitrogen functional groups attached to an aromatic ring is 2. The van der Waals surface area contributed by atoms with Crippen molar-refractivity contribution in [3.05, 3.63) is 36.0 Å². The van der Waals surface area contributed by atoms with Gasteiger partial charge in [-0.05, 0) is 63.8 Å². The van der Waals surface area contributed by atoms with Crippen molar-refractivity contribution in [1.82, 2.24) is 9.88 Å². The Hall–Kier alpha value is -3.47. The average molecular weight is 440 g/mol. The van der Waals surface area contributed by atoms with Crippen molar-refractivity contribution in [3.8, 4) is 22.9 Å². The Morgan fingerprint density at radius 2 is 1.91 bits per heavy atom. The lowest BCUT2D eigenvalue weighted by Gasteiger charge is -2.47. The van der Waals surface area contributed by atoms with E-state index in [0.29, 0.717) is 34.5 Å². The van der Waals surface area contributed by atoms with Gasteiger partial charge in [0, 0.05) is 17.3 Å². The molecule has 0 saturated carbocycles. The van der Waals surface area contributed by atoms with Gasteiger partial charge in [-0.25, -0.2) is 9.78 Å². The lowest BCUT2D eigenvalue weighted by Crippen LogP contribution is -2.61. The molecule has 8 nitrogen and oxygen atoms in total. The van der Waals surface area contributed by atoms with E-state index in [1.807, 2.05) is 41.5 Å². The first kappa shape index (κ1) is 24.8. The minimum absolute atomic E-state index is 0.104. The molecule has 8 heteroatoms. The molecule has 1 amide bonds. The summed E-state index contributed by atoms with van der Waals surface area (Å²) < 4.78 is 6.07. The predicted molar refractivity (Wildman–Crippen MR) is 126 cm³/mol. The molecule has 2 aromatic rings. The van der Waals surface area contributed by atoms with Gasteiger partial charge in [-0.2, -0.15) is 5.26 Å². The SMILES string of the molecule is CC(C)CC(C)(COc1ccc(-c2ccnc(N)c2N)cc1C#N)N(C(=O)O)C(C)(C)C. The molecule has 0 aliphatic carbocycles. The van der Waals surface area contributed by atoms with Crippen LogP contribution < -0.4 is 16.2 Å². The number of amides is 1. The molecule has 1 unspecified atom stereocenters. The smallest absolute Gasteiger partial charge is 0.408 e. The highest BCUT2D eigenvalue weighted by Crippen LogP contribution is 2.35. The minimum Gasteiger partial charge on any atom is -0.490 e. The number of hydrogen-bond donors (Lipinski definition) is 3. The lowest BCUT2D eigenvalue weighted by atomic mass is 9.86. The zero-order valence-electron chi connectivity index (χ0n) is 19.6. The predicted octanol–water partition coefficient (Wildman–Crippen LogP) is 4.75. The van der Waals surface area contributed by atoms with Crippen molar-refractivity contribution in [2.75, 3.05) is 18.1 Å². The molecule has 0 aliphatic rings. The summed E-state index contributed by atoms with van der Waals surface area (Å²) in [5.74, 6) is 0.846. The monoisotopic (exact) mass is 439 g/mol. The van der Waals surface area contributed by atoms with E-state index in [1.54, 1.807) is 30.5 Å². The Bertz CT molecular complexity index is 1020. The van der Waals surface area contributed by atoms with Gasteiger partial charge in [0.15, 0.2) is 0 Å². The first-order valence-electron chi connectivity index (χ1n) is 10.5. The molecule has 0 spiro atoms. The summed E-state index contributed by atoms with van der Waals surface area (Å²) in [6.07, 6.45) is 1.15. The van der Waals surface area contributed by atoms with Crippen LogP contribution in [0, 0.1) is 17.2 Å². The van der Waals surface area contributed by atoms with Crippen LogP contribution in [0.4, 0.5) is 16.3 Å². The van der Waals surface area contributed by atoms with Crippen LogP contribution in [0.15, 0.2) is 30.5 Å². The van der Waals surface area contributed by atoms with Crippen LogP contribution in [-0.2, 0) is 0 Å². The molecule has 1 atom stereocenters. The van der Waals surface area contributed by atoms with Gasteiger partial charge < -0.3 is 21.3 Å². The van der Waals surface area contributed by atoms with Crippen molar-refractivity contribution < 1.29 is 14.6 Å². The fraction of sp³-hybridized carbons (Fsp3) is 0.458. The Balaban J connectivity index is 2.40. The van der Waals surface area contributed by atoms with Gasteiger partial charge >= 0.3 is 6.09 Å². The molecule has 0 bridgehead atoms. The number of carboxylic acid groups (broad SMARTS) is 1. The molecule has 172 valence electrons. The van der Waals surface area contributed by atoms with Gasteiger partial charge in [0.25, 0.3) is 0 Å². The highest BCUT2D eigenvalue weighted by molar-refractivity contribution is 5.83. The van der Waals surface area contributed by atoms with Gasteiger partial charge in [-0.3, -0.25) is 4.90 Å². The molecule has 5 N–H and O–H groups in total. The number of carbonyl (C=O) groups is 1. The summed E-state index contributed by atoms with van der Waals surface area (Å²) in [5, 5.41) is 19.7. The molecular formula is C24H33N5O3. The van der Waals surface area contributed by atoms with E-state index >= 15 is 0 Å². The van der Waals surface area contributed by atoms with E-state index < -0.39 is 17.2 Å². The van der Waals surface area contributed by atoms with Crippen LogP contribution in [0.1, 0.15) is 53.5 Å². The Kier molecular flexibility index (Phi) is 7.24. The highest BCUT2D eigenvalue weighted by Gasteiger charge is 2.43. The maximum atomic E-state index is 12.2. The summed E-state index contributed by atoms with van der Waals surface area (Å²) in [7, 11) is 0. The number of pyridine rings is 1. The quantitative estimate of drug-likeness (QED) is 0.566. The maximum Gasteiger partial charge on any atom is 0.408 e. The van der Waals surface area contributed by atoms with Crippen LogP contribution in [0.5, 0.6) is 5.75 Å². The second-order valence-electron chi connectivity index (χ2n) is 9.65. The summed E-state index contributed by atoms with van der Waals surface area (Å²) in [6.45, 7) is 11.7. The fourth-order valence-electron chi connectivity index (χ4n) is 4.31. The number of nitriles is 1. The lowest BCUT2D eigenvalue weighted by molar-refractivity contribution is -0.0109. The second kappa shape index (κ2) is 9.35. The normalized spacial score (nSPS) is 13.3.